The van der Waals surface area contributed by atoms with Crippen LogP contribution in [0.5, 0.6) is 5.75 Å². The number of carbonyl (C=O) groups is 1. The average molecular weight is 334 g/mol. The van der Waals surface area contributed by atoms with Gasteiger partial charge in [-0.15, -0.1) is 0 Å². The van der Waals surface area contributed by atoms with E-state index in [9.17, 15) is 4.79 Å². The highest BCUT2D eigenvalue weighted by molar-refractivity contribution is 9.10. The first-order valence-electron chi connectivity index (χ1n) is 5.39. The lowest BCUT2D eigenvalue weighted by atomic mass is 10.2. The van der Waals surface area contributed by atoms with Crippen LogP contribution in [0.15, 0.2) is 28.8 Å². The summed E-state index contributed by atoms with van der Waals surface area (Å²) in [5, 5.41) is 0.485. The van der Waals surface area contributed by atoms with Crippen molar-refractivity contribution in [3.8, 4) is 5.75 Å². The quantitative estimate of drug-likeness (QED) is 0.605. The number of hydrogen-bond donors (Lipinski definition) is 0. The number of carbonyl (C=O) groups excluding carboxylic acids is 1. The van der Waals surface area contributed by atoms with Gasteiger partial charge in [-0.05, 0) is 31.5 Å². The molecule has 0 aliphatic heterocycles. The van der Waals surface area contributed by atoms with Crippen molar-refractivity contribution >= 4 is 33.5 Å². The van der Waals surface area contributed by atoms with Crippen molar-refractivity contribution in [2.75, 3.05) is 13.2 Å². The second kappa shape index (κ2) is 6.81. The Bertz CT molecular complexity index is 448. The normalized spacial score (nSPS) is 10.0. The minimum Gasteiger partial charge on any atom is -0.487 e. The zero-order valence-corrected chi connectivity index (χ0v) is 12.6. The zero-order valence-electron chi connectivity index (χ0n) is 10.3. The van der Waals surface area contributed by atoms with E-state index in [1.54, 1.807) is 13.0 Å². The predicted octanol–water partition coefficient (Wildman–Crippen LogP) is 3.91. The van der Waals surface area contributed by atoms with E-state index in [1.165, 1.54) is 0 Å². The van der Waals surface area contributed by atoms with Crippen LogP contribution in [0.2, 0.25) is 5.02 Å². The summed E-state index contributed by atoms with van der Waals surface area (Å²) in [6.07, 6.45) is 0. The first-order chi connectivity index (χ1) is 8.45. The summed E-state index contributed by atoms with van der Waals surface area (Å²) in [5.74, 6) is 0.0914. The molecule has 0 aromatic heterocycles. The Morgan fingerprint density at radius 2 is 2.17 bits per heavy atom. The second-order valence-corrected chi connectivity index (χ2v) is 4.97. The van der Waals surface area contributed by atoms with Gasteiger partial charge in [0.1, 0.15) is 12.4 Å². The molecule has 0 aliphatic carbocycles. The van der Waals surface area contributed by atoms with E-state index < -0.39 is 5.97 Å². The SMILES string of the molecule is C=C(COc1c(C)cc(Br)cc1Cl)C(=O)OCC. The van der Waals surface area contributed by atoms with E-state index >= 15 is 0 Å². The van der Waals surface area contributed by atoms with Crippen LogP contribution < -0.4 is 4.74 Å². The summed E-state index contributed by atoms with van der Waals surface area (Å²) >= 11 is 9.40. The molecule has 0 spiro atoms. The molecular weight excluding hydrogens is 319 g/mol. The van der Waals surface area contributed by atoms with Gasteiger partial charge in [0.25, 0.3) is 0 Å². The fourth-order valence-corrected chi connectivity index (χ4v) is 2.35. The Morgan fingerprint density at radius 1 is 1.50 bits per heavy atom. The van der Waals surface area contributed by atoms with Crippen molar-refractivity contribution in [3.63, 3.8) is 0 Å². The number of halogens is 2. The summed E-state index contributed by atoms with van der Waals surface area (Å²) < 4.78 is 11.2. The topological polar surface area (TPSA) is 35.5 Å². The van der Waals surface area contributed by atoms with Crippen LogP contribution in [0, 0.1) is 6.92 Å². The molecule has 0 N–H and O–H groups in total. The van der Waals surface area contributed by atoms with Gasteiger partial charge in [0, 0.05) is 4.47 Å². The smallest absolute Gasteiger partial charge is 0.336 e. The van der Waals surface area contributed by atoms with E-state index in [-0.39, 0.29) is 12.2 Å². The summed E-state index contributed by atoms with van der Waals surface area (Å²) in [6, 6.07) is 3.62. The van der Waals surface area contributed by atoms with Gasteiger partial charge in [0.15, 0.2) is 0 Å². The third-order valence-electron chi connectivity index (χ3n) is 2.15. The fourth-order valence-electron chi connectivity index (χ4n) is 1.32. The Kier molecular flexibility index (Phi) is 5.69. The van der Waals surface area contributed by atoms with Crippen LogP contribution in [-0.4, -0.2) is 19.2 Å². The van der Waals surface area contributed by atoms with Crippen molar-refractivity contribution in [2.24, 2.45) is 0 Å². The summed E-state index contributed by atoms with van der Waals surface area (Å²) in [5.41, 5.74) is 1.14. The summed E-state index contributed by atoms with van der Waals surface area (Å²) in [4.78, 5) is 11.3. The molecule has 3 nitrogen and oxygen atoms in total. The number of benzene rings is 1. The van der Waals surface area contributed by atoms with Gasteiger partial charge in [-0.25, -0.2) is 4.79 Å². The second-order valence-electron chi connectivity index (χ2n) is 3.65. The van der Waals surface area contributed by atoms with Crippen LogP contribution >= 0.6 is 27.5 Å². The standard InChI is InChI=1S/C13H14BrClO3/c1-4-17-13(16)9(3)7-18-12-8(2)5-10(14)6-11(12)15/h5-6H,3-4,7H2,1-2H3. The van der Waals surface area contributed by atoms with Crippen LogP contribution in [-0.2, 0) is 9.53 Å². The summed E-state index contributed by atoms with van der Waals surface area (Å²) in [7, 11) is 0. The molecule has 1 rings (SSSR count). The molecule has 1 aromatic carbocycles. The highest BCUT2D eigenvalue weighted by Crippen LogP contribution is 2.32. The lowest BCUT2D eigenvalue weighted by Crippen LogP contribution is -2.13. The lowest BCUT2D eigenvalue weighted by Gasteiger charge is -2.12. The van der Waals surface area contributed by atoms with E-state index in [4.69, 9.17) is 21.1 Å². The van der Waals surface area contributed by atoms with Gasteiger partial charge >= 0.3 is 5.97 Å². The van der Waals surface area contributed by atoms with Crippen LogP contribution in [0.1, 0.15) is 12.5 Å². The number of hydrogen-bond acceptors (Lipinski definition) is 3. The van der Waals surface area contributed by atoms with Crippen molar-refractivity contribution in [3.05, 3.63) is 39.3 Å². The monoisotopic (exact) mass is 332 g/mol. The van der Waals surface area contributed by atoms with Gasteiger partial charge in [-0.1, -0.05) is 34.1 Å². The van der Waals surface area contributed by atoms with Gasteiger partial charge in [0.05, 0.1) is 17.2 Å². The van der Waals surface area contributed by atoms with Crippen molar-refractivity contribution in [1.82, 2.24) is 0 Å². The maximum Gasteiger partial charge on any atom is 0.336 e. The lowest BCUT2D eigenvalue weighted by molar-refractivity contribution is -0.138. The molecule has 0 saturated carbocycles. The molecule has 0 radical (unpaired) electrons. The van der Waals surface area contributed by atoms with Crippen LogP contribution in [0.4, 0.5) is 0 Å². The van der Waals surface area contributed by atoms with Gasteiger partial charge in [-0.3, -0.25) is 0 Å². The Hall–Kier alpha value is -1.00. The molecule has 0 saturated heterocycles. The molecular formula is C13H14BrClO3. The van der Waals surface area contributed by atoms with Gasteiger partial charge in [-0.2, -0.15) is 0 Å². The van der Waals surface area contributed by atoms with Gasteiger partial charge in [0.2, 0.25) is 0 Å². The first-order valence-corrected chi connectivity index (χ1v) is 6.56. The Balaban J connectivity index is 2.70. The number of rotatable bonds is 5. The van der Waals surface area contributed by atoms with Crippen molar-refractivity contribution < 1.29 is 14.3 Å². The zero-order chi connectivity index (χ0) is 13.7. The van der Waals surface area contributed by atoms with Crippen molar-refractivity contribution in [1.29, 1.82) is 0 Å². The molecule has 0 amide bonds. The van der Waals surface area contributed by atoms with Crippen LogP contribution in [0.3, 0.4) is 0 Å². The Labute approximate surface area is 120 Å². The molecule has 0 unspecified atom stereocenters. The van der Waals surface area contributed by atoms with E-state index in [0.29, 0.717) is 17.4 Å². The largest absolute Gasteiger partial charge is 0.487 e. The molecule has 5 heteroatoms. The highest BCUT2D eigenvalue weighted by atomic mass is 79.9. The first kappa shape index (κ1) is 15.1. The predicted molar refractivity (Wildman–Crippen MR) is 75.2 cm³/mol. The highest BCUT2D eigenvalue weighted by Gasteiger charge is 2.12. The molecule has 1 aromatic rings. The summed E-state index contributed by atoms with van der Waals surface area (Å²) in [6.45, 7) is 7.60. The van der Waals surface area contributed by atoms with E-state index in [1.807, 2.05) is 13.0 Å². The molecule has 0 bridgehead atoms. The van der Waals surface area contributed by atoms with E-state index in [0.717, 1.165) is 10.0 Å². The molecule has 0 heterocycles. The third kappa shape index (κ3) is 4.03. The van der Waals surface area contributed by atoms with Crippen molar-refractivity contribution in [2.45, 2.75) is 13.8 Å². The van der Waals surface area contributed by atoms with Gasteiger partial charge < -0.3 is 9.47 Å². The molecule has 18 heavy (non-hydrogen) atoms. The molecule has 0 atom stereocenters. The van der Waals surface area contributed by atoms with E-state index in [2.05, 4.69) is 22.5 Å². The minimum atomic E-state index is -0.455. The number of esters is 1. The maximum atomic E-state index is 11.3. The molecule has 0 fully saturated rings. The number of ether oxygens (including phenoxy) is 2. The number of aryl methyl sites for hydroxylation is 1. The molecule has 98 valence electrons. The third-order valence-corrected chi connectivity index (χ3v) is 2.89. The van der Waals surface area contributed by atoms with Crippen LogP contribution in [0.25, 0.3) is 0 Å². The maximum absolute atomic E-state index is 11.3. The fraction of sp³-hybridized carbons (Fsp3) is 0.308. The minimum absolute atomic E-state index is 0.0566. The average Bonchev–Trinajstić information content (AvgIpc) is 2.27. The molecule has 0 aliphatic rings. The Morgan fingerprint density at radius 3 is 2.72 bits per heavy atom.